The molecule has 1 aromatic rings. The highest BCUT2D eigenvalue weighted by molar-refractivity contribution is 7.80. The minimum Gasteiger partial charge on any atom is -0.492 e. The predicted molar refractivity (Wildman–Crippen MR) is 97.9 cm³/mol. The maximum absolute atomic E-state index is 5.68. The summed E-state index contributed by atoms with van der Waals surface area (Å²) in [6.45, 7) is 2.66. The van der Waals surface area contributed by atoms with Crippen molar-refractivity contribution in [1.29, 1.82) is 0 Å². The van der Waals surface area contributed by atoms with Gasteiger partial charge in [-0.1, -0.05) is 12.1 Å². The summed E-state index contributed by atoms with van der Waals surface area (Å²) >= 11 is 5.64. The Morgan fingerprint density at radius 2 is 1.74 bits per heavy atom. The van der Waals surface area contributed by atoms with Crippen LogP contribution in [0.5, 0.6) is 5.75 Å². The number of hydrogen-bond acceptors (Lipinski definition) is 2. The van der Waals surface area contributed by atoms with Gasteiger partial charge in [0.25, 0.3) is 0 Å². The molecular weight excluding hydrogens is 304 g/mol. The first-order chi connectivity index (χ1) is 11.2. The molecule has 1 aromatic carbocycles. The van der Waals surface area contributed by atoms with Crippen LogP contribution in [0.1, 0.15) is 45.4 Å². The number of rotatable bonds is 4. The summed E-state index contributed by atoms with van der Waals surface area (Å²) in [5.74, 6) is 3.64. The molecule has 0 spiro atoms. The van der Waals surface area contributed by atoms with E-state index in [0.717, 1.165) is 34.3 Å². The van der Waals surface area contributed by atoms with Gasteiger partial charge in [-0.3, -0.25) is 0 Å². The summed E-state index contributed by atoms with van der Waals surface area (Å²) < 4.78 is 5.68. The number of hydrogen-bond donors (Lipinski definition) is 2. The van der Waals surface area contributed by atoms with Crippen molar-refractivity contribution in [1.82, 2.24) is 5.32 Å². The van der Waals surface area contributed by atoms with Crippen LogP contribution in [-0.2, 0) is 0 Å². The Kier molecular flexibility index (Phi) is 3.96. The molecule has 124 valence electrons. The number of benzene rings is 1. The minimum atomic E-state index is 0.249. The second kappa shape index (κ2) is 5.97. The zero-order chi connectivity index (χ0) is 15.9. The summed E-state index contributed by atoms with van der Waals surface area (Å²) in [5.41, 5.74) is 1.20. The van der Waals surface area contributed by atoms with Crippen molar-refractivity contribution >= 4 is 23.0 Å². The van der Waals surface area contributed by atoms with E-state index in [0.29, 0.717) is 6.61 Å². The van der Waals surface area contributed by atoms with E-state index in [1.165, 1.54) is 38.5 Å². The smallest absolute Gasteiger partial charge is 0.171 e. The molecule has 3 nitrogen and oxygen atoms in total. The van der Waals surface area contributed by atoms with E-state index in [1.54, 1.807) is 0 Å². The zero-order valence-corrected chi connectivity index (χ0v) is 14.6. The highest BCUT2D eigenvalue weighted by Crippen LogP contribution is 2.55. The van der Waals surface area contributed by atoms with Gasteiger partial charge in [-0.15, -0.1) is 0 Å². The van der Waals surface area contributed by atoms with Gasteiger partial charge in [0.2, 0.25) is 0 Å². The van der Waals surface area contributed by atoms with Gasteiger partial charge in [-0.2, -0.15) is 0 Å². The minimum absolute atomic E-state index is 0.249. The summed E-state index contributed by atoms with van der Waals surface area (Å²) in [7, 11) is 0. The summed E-state index contributed by atoms with van der Waals surface area (Å²) in [6.07, 6.45) is 8.26. The second-order valence-corrected chi connectivity index (χ2v) is 8.11. The molecule has 4 bridgehead atoms. The number of ether oxygens (including phenoxy) is 1. The van der Waals surface area contributed by atoms with Crippen molar-refractivity contribution in [3.05, 3.63) is 24.3 Å². The van der Waals surface area contributed by atoms with E-state index in [2.05, 4.69) is 10.6 Å². The third kappa shape index (κ3) is 3.06. The van der Waals surface area contributed by atoms with Gasteiger partial charge >= 0.3 is 0 Å². The molecule has 4 aliphatic rings. The first kappa shape index (κ1) is 15.3. The fraction of sp³-hybridized carbons (Fsp3) is 0.632. The number of para-hydroxylation sites is 2. The first-order valence-corrected chi connectivity index (χ1v) is 9.37. The van der Waals surface area contributed by atoms with Gasteiger partial charge in [0, 0.05) is 5.54 Å². The van der Waals surface area contributed by atoms with Crippen molar-refractivity contribution in [2.24, 2.45) is 17.8 Å². The lowest BCUT2D eigenvalue weighted by atomic mass is 9.53. The quantitative estimate of drug-likeness (QED) is 0.805. The maximum Gasteiger partial charge on any atom is 0.171 e. The van der Waals surface area contributed by atoms with Crippen LogP contribution in [0.3, 0.4) is 0 Å². The van der Waals surface area contributed by atoms with E-state index in [9.17, 15) is 0 Å². The van der Waals surface area contributed by atoms with Crippen LogP contribution in [0.25, 0.3) is 0 Å². The molecule has 4 fully saturated rings. The Bertz CT molecular complexity index is 566. The molecule has 0 radical (unpaired) electrons. The average molecular weight is 330 g/mol. The molecule has 23 heavy (non-hydrogen) atoms. The van der Waals surface area contributed by atoms with Crippen molar-refractivity contribution in [2.45, 2.75) is 51.0 Å². The molecule has 4 saturated carbocycles. The van der Waals surface area contributed by atoms with E-state index in [-0.39, 0.29) is 5.54 Å². The van der Waals surface area contributed by atoms with Gasteiger partial charge in [0.15, 0.2) is 5.11 Å². The lowest BCUT2D eigenvalue weighted by Gasteiger charge is -2.57. The highest BCUT2D eigenvalue weighted by atomic mass is 32.1. The molecule has 0 atom stereocenters. The van der Waals surface area contributed by atoms with Crippen LogP contribution < -0.4 is 15.4 Å². The number of thiocarbonyl (C=S) groups is 1. The average Bonchev–Trinajstić information content (AvgIpc) is 2.47. The molecule has 4 heteroatoms. The Balaban J connectivity index is 1.44. The van der Waals surface area contributed by atoms with Gasteiger partial charge in [-0.25, -0.2) is 0 Å². The zero-order valence-electron chi connectivity index (χ0n) is 13.8. The second-order valence-electron chi connectivity index (χ2n) is 7.71. The molecule has 2 N–H and O–H groups in total. The Morgan fingerprint density at radius 3 is 2.35 bits per heavy atom. The Labute approximate surface area is 144 Å². The standard InChI is InChI=1S/C19H26N2OS/c1-2-22-17-6-4-3-5-16(17)20-18(23)21-19-10-13-7-14(11-19)9-15(8-13)12-19/h3-6,13-15H,2,7-12H2,1H3,(H2,20,21,23). The monoisotopic (exact) mass is 330 g/mol. The molecule has 0 aromatic heterocycles. The number of anilines is 1. The van der Waals surface area contributed by atoms with Gasteiger partial charge in [-0.05, 0) is 87.6 Å². The summed E-state index contributed by atoms with van der Waals surface area (Å²) in [5, 5.41) is 7.82. The van der Waals surface area contributed by atoms with Crippen molar-refractivity contribution in [2.75, 3.05) is 11.9 Å². The fourth-order valence-corrected chi connectivity index (χ4v) is 5.84. The van der Waals surface area contributed by atoms with Crippen LogP contribution in [0.2, 0.25) is 0 Å². The molecule has 0 amide bonds. The van der Waals surface area contributed by atoms with E-state index < -0.39 is 0 Å². The van der Waals surface area contributed by atoms with E-state index >= 15 is 0 Å². The van der Waals surface area contributed by atoms with Crippen LogP contribution in [0, 0.1) is 17.8 Å². The topological polar surface area (TPSA) is 33.3 Å². The lowest BCUT2D eigenvalue weighted by Crippen LogP contribution is -2.60. The molecule has 0 aliphatic heterocycles. The number of nitrogens with one attached hydrogen (secondary N) is 2. The van der Waals surface area contributed by atoms with E-state index in [1.807, 2.05) is 31.2 Å². The van der Waals surface area contributed by atoms with Crippen LogP contribution in [0.4, 0.5) is 5.69 Å². The molecule has 0 unspecified atom stereocenters. The highest BCUT2D eigenvalue weighted by Gasteiger charge is 2.51. The maximum atomic E-state index is 5.68. The Morgan fingerprint density at radius 1 is 1.13 bits per heavy atom. The van der Waals surface area contributed by atoms with Crippen LogP contribution in [0.15, 0.2) is 24.3 Å². The summed E-state index contributed by atoms with van der Waals surface area (Å²) in [4.78, 5) is 0. The van der Waals surface area contributed by atoms with Crippen molar-refractivity contribution in [3.63, 3.8) is 0 Å². The molecule has 0 heterocycles. The van der Waals surface area contributed by atoms with Gasteiger partial charge in [0.1, 0.15) is 5.75 Å². The predicted octanol–water partition coefficient (Wildman–Crippen LogP) is 4.34. The fourth-order valence-electron chi connectivity index (χ4n) is 5.51. The molecule has 5 rings (SSSR count). The Hall–Kier alpha value is -1.29. The normalized spacial score (nSPS) is 34.2. The lowest BCUT2D eigenvalue weighted by molar-refractivity contribution is -0.00972. The SMILES string of the molecule is CCOc1ccccc1NC(=S)NC12CC3CC(CC(C3)C1)C2. The molecule has 4 aliphatic carbocycles. The van der Waals surface area contributed by atoms with E-state index in [4.69, 9.17) is 17.0 Å². The largest absolute Gasteiger partial charge is 0.492 e. The van der Waals surface area contributed by atoms with Crippen molar-refractivity contribution < 1.29 is 4.74 Å². The first-order valence-electron chi connectivity index (χ1n) is 8.97. The van der Waals surface area contributed by atoms with Crippen LogP contribution >= 0.6 is 12.2 Å². The third-order valence-electron chi connectivity index (χ3n) is 5.85. The van der Waals surface area contributed by atoms with Gasteiger partial charge < -0.3 is 15.4 Å². The molecular formula is C19H26N2OS. The molecule has 0 saturated heterocycles. The van der Waals surface area contributed by atoms with Gasteiger partial charge in [0.05, 0.1) is 12.3 Å². The third-order valence-corrected chi connectivity index (χ3v) is 6.06. The summed E-state index contributed by atoms with van der Waals surface area (Å²) in [6, 6.07) is 8.02. The van der Waals surface area contributed by atoms with Crippen LogP contribution in [-0.4, -0.2) is 17.3 Å². The van der Waals surface area contributed by atoms with Crippen molar-refractivity contribution in [3.8, 4) is 5.75 Å².